The lowest BCUT2D eigenvalue weighted by Gasteiger charge is -2.13. The summed E-state index contributed by atoms with van der Waals surface area (Å²) in [6, 6.07) is 13.8. The number of halogens is 6. The second-order valence-corrected chi connectivity index (χ2v) is 16.2. The minimum Gasteiger partial charge on any atom is -0.477 e. The Hall–Kier alpha value is -5.37. The van der Waals surface area contributed by atoms with Gasteiger partial charge in [0, 0.05) is 97.2 Å². The van der Waals surface area contributed by atoms with Gasteiger partial charge in [0.25, 0.3) is 5.69 Å². The number of hydrogen-bond acceptors (Lipinski definition) is 14. The number of allylic oxidation sites excluding steroid dienone is 2. The summed E-state index contributed by atoms with van der Waals surface area (Å²) in [5.74, 6) is -2.75. The van der Waals surface area contributed by atoms with Gasteiger partial charge >= 0.3 is 12.3 Å². The first-order valence-electron chi connectivity index (χ1n) is 21.8. The predicted octanol–water partition coefficient (Wildman–Crippen LogP) is 10.6. The van der Waals surface area contributed by atoms with Crippen molar-refractivity contribution in [2.24, 2.45) is 23.3 Å². The maximum Gasteiger partial charge on any atom is 0.326 e. The van der Waals surface area contributed by atoms with Crippen LogP contribution in [0.5, 0.6) is 11.8 Å². The number of nitro groups is 1. The van der Waals surface area contributed by atoms with Crippen LogP contribution in [0.1, 0.15) is 76.2 Å². The Morgan fingerprint density at radius 3 is 1.55 bits per heavy atom. The minimum absolute atomic E-state index is 0.0236. The lowest BCUT2D eigenvalue weighted by atomic mass is 10.1. The van der Waals surface area contributed by atoms with E-state index in [0.29, 0.717) is 79.8 Å². The number of carbonyl (C=O) groups is 1. The van der Waals surface area contributed by atoms with E-state index in [1.165, 1.54) is 12.1 Å². The molecule has 67 heavy (non-hydrogen) atoms. The molecule has 0 aliphatic rings. The first kappa shape index (κ1) is 59.6. The molecular weight excluding hydrogens is 919 g/mol. The Balaban J connectivity index is 0.000000479. The van der Waals surface area contributed by atoms with E-state index in [1.807, 2.05) is 45.0 Å². The molecule has 0 fully saturated rings. The van der Waals surface area contributed by atoms with Gasteiger partial charge in [0.1, 0.15) is 10.3 Å². The number of ether oxygens (including phenoxy) is 2. The lowest BCUT2D eigenvalue weighted by Crippen LogP contribution is -2.23. The highest BCUT2D eigenvalue weighted by molar-refractivity contribution is 6.29. The first-order valence-corrected chi connectivity index (χ1v) is 22.5. The number of aryl methyl sites for hydroxylation is 4. The number of aromatic nitrogens is 4. The molecule has 2 unspecified atom stereocenters. The van der Waals surface area contributed by atoms with E-state index in [-0.39, 0.29) is 23.3 Å². The van der Waals surface area contributed by atoms with Crippen LogP contribution < -0.4 is 36.9 Å². The molecule has 0 spiro atoms. The third-order valence-electron chi connectivity index (χ3n) is 8.98. The van der Waals surface area contributed by atoms with Crippen LogP contribution >= 0.6 is 23.2 Å². The van der Waals surface area contributed by atoms with Gasteiger partial charge in [-0.1, -0.05) is 63.7 Å². The van der Waals surface area contributed by atoms with Gasteiger partial charge in [-0.3, -0.25) is 14.9 Å². The number of rotatable bonds is 23. The molecule has 4 aromatic rings. The molecule has 4 rings (SSSR count). The fraction of sp³-hybridized carbons (Fsp3) is 0.500. The largest absolute Gasteiger partial charge is 0.477 e. The quantitative estimate of drug-likeness (QED) is 0.0117. The molecule has 0 radical (unpaired) electrons. The third kappa shape index (κ3) is 27.1. The van der Waals surface area contributed by atoms with Crippen molar-refractivity contribution in [3.63, 3.8) is 0 Å². The Morgan fingerprint density at radius 1 is 0.731 bits per heavy atom. The van der Waals surface area contributed by atoms with E-state index in [2.05, 4.69) is 63.6 Å². The maximum absolute atomic E-state index is 12.7. The summed E-state index contributed by atoms with van der Waals surface area (Å²) < 4.78 is 60.8. The van der Waals surface area contributed by atoms with Crippen LogP contribution in [-0.4, -0.2) is 88.9 Å². The number of alkyl halides is 4. The van der Waals surface area contributed by atoms with Crippen molar-refractivity contribution in [2.75, 3.05) is 61.9 Å². The molecular formula is C46H66Cl2F4N10O5. The van der Waals surface area contributed by atoms with Gasteiger partial charge in [0.15, 0.2) is 5.78 Å². The molecule has 0 amide bonds. The van der Waals surface area contributed by atoms with Crippen LogP contribution in [0.3, 0.4) is 0 Å². The fourth-order valence-electron chi connectivity index (χ4n) is 5.05. The molecule has 372 valence electrons. The maximum atomic E-state index is 12.7. The molecule has 0 bridgehead atoms. The van der Waals surface area contributed by atoms with Crippen molar-refractivity contribution in [2.45, 2.75) is 93.4 Å². The molecule has 7 N–H and O–H groups in total. The molecule has 0 aliphatic heterocycles. The van der Waals surface area contributed by atoms with Crippen molar-refractivity contribution in [3.8, 4) is 11.8 Å². The zero-order valence-corrected chi connectivity index (χ0v) is 41.0. The monoisotopic (exact) mass is 984 g/mol. The van der Waals surface area contributed by atoms with Crippen LogP contribution in [0.2, 0.25) is 10.3 Å². The summed E-state index contributed by atoms with van der Waals surface area (Å²) >= 11 is 11.2. The number of nitrogens with zero attached hydrogens (tertiary/aromatic N) is 5. The van der Waals surface area contributed by atoms with Gasteiger partial charge < -0.3 is 36.9 Å². The van der Waals surface area contributed by atoms with Crippen LogP contribution in [-0.2, 0) is 4.79 Å². The Bertz CT molecular complexity index is 2080. The van der Waals surface area contributed by atoms with Gasteiger partial charge in [0.05, 0.1) is 24.2 Å². The van der Waals surface area contributed by atoms with Crippen LogP contribution in [0.15, 0.2) is 60.7 Å². The van der Waals surface area contributed by atoms with E-state index in [4.69, 9.17) is 44.1 Å². The normalized spacial score (nSPS) is 11.8. The number of hydrogen-bond donors (Lipinski definition) is 5. The molecule has 15 nitrogen and oxygen atoms in total. The summed E-state index contributed by atoms with van der Waals surface area (Å²) in [6.07, 6.45) is -0.885. The predicted molar refractivity (Wildman–Crippen MR) is 260 cm³/mol. The number of nitrogens with one attached hydrogen (secondary N) is 3. The van der Waals surface area contributed by atoms with Gasteiger partial charge in [-0.15, -0.1) is 0 Å². The molecule has 0 aliphatic carbocycles. The van der Waals surface area contributed by atoms with Crippen LogP contribution in [0.4, 0.5) is 40.3 Å². The van der Waals surface area contributed by atoms with Gasteiger partial charge in [0.2, 0.25) is 11.8 Å². The fourth-order valence-corrected chi connectivity index (χ4v) is 5.55. The number of nitrogens with two attached hydrogens (primary N) is 2. The average molecular weight is 986 g/mol. The molecule has 0 saturated carbocycles. The smallest absolute Gasteiger partial charge is 0.326 e. The minimum atomic E-state index is -4.28. The lowest BCUT2D eigenvalue weighted by molar-refractivity contribution is -0.385. The van der Waals surface area contributed by atoms with Crippen molar-refractivity contribution in [1.29, 1.82) is 0 Å². The van der Waals surface area contributed by atoms with E-state index in [9.17, 15) is 32.5 Å². The van der Waals surface area contributed by atoms with Crippen LogP contribution in [0.25, 0.3) is 0 Å². The zero-order valence-electron chi connectivity index (χ0n) is 39.5. The van der Waals surface area contributed by atoms with Crippen molar-refractivity contribution < 1.29 is 36.8 Å². The Morgan fingerprint density at radius 2 is 1.15 bits per heavy atom. The number of ketones is 1. The summed E-state index contributed by atoms with van der Waals surface area (Å²) in [7, 11) is 0. The van der Waals surface area contributed by atoms with E-state index in [0.717, 1.165) is 60.1 Å². The molecule has 0 saturated heterocycles. The summed E-state index contributed by atoms with van der Waals surface area (Å²) in [5, 5.41) is 20.4. The molecule has 4 heterocycles. The topological polar surface area (TPSA) is 218 Å². The van der Waals surface area contributed by atoms with Crippen LogP contribution in [0, 0.1) is 49.6 Å². The molecule has 0 aromatic carbocycles. The van der Waals surface area contributed by atoms with Gasteiger partial charge in [-0.25, -0.2) is 28.7 Å². The van der Waals surface area contributed by atoms with Gasteiger partial charge in [-0.2, -0.15) is 8.78 Å². The Labute approximate surface area is 401 Å². The number of pyridine rings is 4. The first-order chi connectivity index (χ1) is 31.6. The summed E-state index contributed by atoms with van der Waals surface area (Å²) in [5.41, 5.74) is 16.7. The van der Waals surface area contributed by atoms with E-state index >= 15 is 0 Å². The third-order valence-corrected chi connectivity index (χ3v) is 9.37. The summed E-state index contributed by atoms with van der Waals surface area (Å²) in [6.45, 7) is 20.3. The zero-order chi connectivity index (χ0) is 50.5. The van der Waals surface area contributed by atoms with E-state index in [1.54, 1.807) is 19.1 Å². The average Bonchev–Trinajstić information content (AvgIpc) is 3.26. The highest BCUT2D eigenvalue weighted by atomic mass is 35.5. The van der Waals surface area contributed by atoms with Crippen molar-refractivity contribution >= 4 is 51.7 Å². The summed E-state index contributed by atoms with van der Waals surface area (Å²) in [4.78, 5) is 37.7. The number of anilines is 3. The molecule has 2 atom stereocenters. The molecule has 21 heteroatoms. The Kier molecular flexibility index (Phi) is 28.8. The van der Waals surface area contributed by atoms with Crippen molar-refractivity contribution in [3.05, 3.63) is 104 Å². The standard InChI is InChI=1S/C19H26F4N2O2.C13H23N3O.C8H12ClN3.C6H5ClN2O2/c1-4-13(2)12-27-17-11-15(10-14(3)25-17)24-9-5-6-16(26)7-8-19(22,23)18(20)21;1-4-10(2)9-17-13-8-12(15-6-5-14)7-11(3)16-13;1-6-4-7(11-3-2-10)5-8(9)12-6;1-4-2-5(9(10)11)3-6(7)8-4/h7-8,10-11,13,18H,4-6,9,12H2,1-3H3,(H,24,25);7-8,10H,4-6,9,14H2,1-3H3,(H,15,16);4-5H,2-3,10H2,1H3,(H,11,12);2-3H,1H3/b8-7+;;;. The second-order valence-electron chi connectivity index (χ2n) is 15.4. The SMILES string of the molecule is CCC(C)COc1cc(NCCCC(=O)/C=C/C(F)(F)C(F)F)cc(C)n1.CCC(C)COc1cc(NCCN)cc(C)n1.Cc1cc(NCCN)cc(Cl)n1.Cc1cc([N+](=O)[O-])cc(Cl)n1. The second kappa shape index (κ2) is 32.4. The van der Waals surface area contributed by atoms with Gasteiger partial charge in [-0.05, 0) is 82.4 Å². The van der Waals surface area contributed by atoms with Crippen molar-refractivity contribution in [1.82, 2.24) is 19.9 Å². The molecule has 4 aromatic heterocycles. The highest BCUT2D eigenvalue weighted by Gasteiger charge is 2.37. The highest BCUT2D eigenvalue weighted by Crippen LogP contribution is 2.25. The van der Waals surface area contributed by atoms with E-state index < -0.39 is 23.1 Å². The number of carbonyl (C=O) groups excluding carboxylic acids is 1.